The van der Waals surface area contributed by atoms with E-state index in [0.29, 0.717) is 24.3 Å². The Morgan fingerprint density at radius 3 is 2.85 bits per heavy atom. The minimum atomic E-state index is 0.292. The summed E-state index contributed by atoms with van der Waals surface area (Å²) in [6.07, 6.45) is 6.10. The monoisotopic (exact) mass is 271 g/mol. The van der Waals surface area contributed by atoms with Crippen molar-refractivity contribution in [2.24, 2.45) is 5.92 Å². The van der Waals surface area contributed by atoms with E-state index in [2.05, 4.69) is 30.9 Å². The van der Waals surface area contributed by atoms with E-state index in [0.717, 1.165) is 18.5 Å². The molecule has 0 saturated carbocycles. The van der Waals surface area contributed by atoms with Crippen molar-refractivity contribution in [3.8, 4) is 0 Å². The second-order valence-electron chi connectivity index (χ2n) is 6.59. The molecule has 1 aromatic carbocycles. The molecule has 1 aromatic rings. The van der Waals surface area contributed by atoms with Crippen LogP contribution in [0.15, 0.2) is 18.2 Å². The fourth-order valence-electron chi connectivity index (χ4n) is 3.67. The van der Waals surface area contributed by atoms with Gasteiger partial charge in [0.1, 0.15) is 0 Å². The number of fused-ring (bicyclic) bond motifs is 1. The molecule has 2 atom stereocenters. The zero-order valence-corrected chi connectivity index (χ0v) is 12.7. The zero-order chi connectivity index (χ0) is 14.1. The number of aryl methyl sites for hydroxylation is 2. The summed E-state index contributed by atoms with van der Waals surface area (Å²) in [5, 5.41) is 0. The van der Waals surface area contributed by atoms with Gasteiger partial charge < -0.3 is 0 Å². The molecule has 0 N–H and O–H groups in total. The first-order valence-electron chi connectivity index (χ1n) is 8.04. The summed E-state index contributed by atoms with van der Waals surface area (Å²) >= 11 is 0. The molecular weight excluding hydrogens is 246 g/mol. The molecular formula is C18H25NO. The average Bonchev–Trinajstić information content (AvgIpc) is 2.91. The molecule has 1 heterocycles. The van der Waals surface area contributed by atoms with Gasteiger partial charge in [-0.25, -0.2) is 0 Å². The summed E-state index contributed by atoms with van der Waals surface area (Å²) < 4.78 is 0. The number of likely N-dealkylation sites (tertiary alicyclic amines) is 1. The van der Waals surface area contributed by atoms with Crippen LogP contribution in [0.2, 0.25) is 0 Å². The van der Waals surface area contributed by atoms with Gasteiger partial charge in [-0.15, -0.1) is 0 Å². The van der Waals surface area contributed by atoms with Crippen molar-refractivity contribution in [1.29, 1.82) is 0 Å². The van der Waals surface area contributed by atoms with E-state index in [4.69, 9.17) is 0 Å². The minimum Gasteiger partial charge on any atom is -0.293 e. The molecule has 1 fully saturated rings. The molecule has 20 heavy (non-hydrogen) atoms. The van der Waals surface area contributed by atoms with Crippen LogP contribution in [0.1, 0.15) is 54.6 Å². The molecule has 0 bridgehead atoms. The number of carbonyl (C=O) groups is 1. The second kappa shape index (κ2) is 5.69. The van der Waals surface area contributed by atoms with Gasteiger partial charge in [-0.05, 0) is 68.7 Å². The van der Waals surface area contributed by atoms with Crippen LogP contribution in [0, 0.1) is 5.92 Å². The highest BCUT2D eigenvalue weighted by molar-refractivity contribution is 5.97. The predicted octanol–water partition coefficient (Wildman–Crippen LogP) is 3.48. The number of benzene rings is 1. The quantitative estimate of drug-likeness (QED) is 0.784. The highest BCUT2D eigenvalue weighted by Crippen LogP contribution is 2.25. The molecule has 1 saturated heterocycles. The zero-order valence-electron chi connectivity index (χ0n) is 12.7. The first kappa shape index (κ1) is 13.8. The number of ketones is 1. The van der Waals surface area contributed by atoms with Crippen LogP contribution in [0.3, 0.4) is 0 Å². The van der Waals surface area contributed by atoms with Gasteiger partial charge in [-0.2, -0.15) is 0 Å². The van der Waals surface area contributed by atoms with Crippen LogP contribution < -0.4 is 0 Å². The summed E-state index contributed by atoms with van der Waals surface area (Å²) in [6, 6.07) is 6.87. The third kappa shape index (κ3) is 2.67. The largest absolute Gasteiger partial charge is 0.293 e. The minimum absolute atomic E-state index is 0.292. The van der Waals surface area contributed by atoms with Crippen molar-refractivity contribution in [2.45, 2.75) is 52.0 Å². The normalized spacial score (nSPS) is 26.5. The maximum Gasteiger partial charge on any atom is 0.176 e. The van der Waals surface area contributed by atoms with E-state index in [1.165, 1.54) is 36.8 Å². The van der Waals surface area contributed by atoms with Crippen molar-refractivity contribution in [2.75, 3.05) is 13.1 Å². The van der Waals surface area contributed by atoms with Gasteiger partial charge in [0.05, 0.1) is 6.54 Å². The molecule has 108 valence electrons. The SMILES string of the molecule is CC1CCCN(CC(=O)c2ccc3c(c2)CCC3)C1C. The molecule has 1 aliphatic heterocycles. The Morgan fingerprint density at radius 1 is 1.20 bits per heavy atom. The Balaban J connectivity index is 1.70. The Kier molecular flexibility index (Phi) is 3.93. The summed E-state index contributed by atoms with van der Waals surface area (Å²) in [5.74, 6) is 0.997. The van der Waals surface area contributed by atoms with Crippen LogP contribution in [0.4, 0.5) is 0 Å². The highest BCUT2D eigenvalue weighted by Gasteiger charge is 2.26. The third-order valence-corrected chi connectivity index (χ3v) is 5.27. The lowest BCUT2D eigenvalue weighted by Gasteiger charge is -2.37. The standard InChI is InChI=1S/C18H25NO/c1-13-5-4-10-19(14(13)2)12-18(20)17-9-8-15-6-3-7-16(15)11-17/h8-9,11,13-14H,3-7,10,12H2,1-2H3. The fourth-order valence-corrected chi connectivity index (χ4v) is 3.67. The van der Waals surface area contributed by atoms with Gasteiger partial charge in [0.15, 0.2) is 5.78 Å². The lowest BCUT2D eigenvalue weighted by atomic mass is 9.91. The summed E-state index contributed by atoms with van der Waals surface area (Å²) in [5.41, 5.74) is 3.76. The van der Waals surface area contributed by atoms with Crippen LogP contribution >= 0.6 is 0 Å². The first-order chi connectivity index (χ1) is 9.65. The Hall–Kier alpha value is -1.15. The van der Waals surface area contributed by atoms with Gasteiger partial charge in [0.2, 0.25) is 0 Å². The fraction of sp³-hybridized carbons (Fsp3) is 0.611. The Morgan fingerprint density at radius 2 is 2.00 bits per heavy atom. The maximum atomic E-state index is 12.5. The Labute approximate surface area is 122 Å². The van der Waals surface area contributed by atoms with Gasteiger partial charge >= 0.3 is 0 Å². The topological polar surface area (TPSA) is 20.3 Å². The molecule has 0 aromatic heterocycles. The predicted molar refractivity (Wildman–Crippen MR) is 82.2 cm³/mol. The van der Waals surface area contributed by atoms with Crippen molar-refractivity contribution < 1.29 is 4.79 Å². The maximum absolute atomic E-state index is 12.5. The lowest BCUT2D eigenvalue weighted by Crippen LogP contribution is -2.44. The first-order valence-corrected chi connectivity index (χ1v) is 8.04. The van der Waals surface area contributed by atoms with Crippen LogP contribution in [0.25, 0.3) is 0 Å². The number of hydrogen-bond donors (Lipinski definition) is 0. The molecule has 2 aliphatic rings. The van der Waals surface area contributed by atoms with Crippen molar-refractivity contribution in [3.63, 3.8) is 0 Å². The van der Waals surface area contributed by atoms with Crippen molar-refractivity contribution in [3.05, 3.63) is 34.9 Å². The molecule has 0 radical (unpaired) electrons. The van der Waals surface area contributed by atoms with Crippen molar-refractivity contribution in [1.82, 2.24) is 4.90 Å². The lowest BCUT2D eigenvalue weighted by molar-refractivity contribution is 0.0779. The second-order valence-corrected chi connectivity index (χ2v) is 6.59. The van der Waals surface area contributed by atoms with Crippen LogP contribution in [-0.4, -0.2) is 29.8 Å². The summed E-state index contributed by atoms with van der Waals surface area (Å²) in [6.45, 7) is 6.23. The number of Topliss-reactive ketones (excluding diaryl/α,β-unsaturated/α-hetero) is 1. The number of piperidine rings is 1. The highest BCUT2D eigenvalue weighted by atomic mass is 16.1. The van der Waals surface area contributed by atoms with E-state index in [9.17, 15) is 4.79 Å². The van der Waals surface area contributed by atoms with E-state index < -0.39 is 0 Å². The van der Waals surface area contributed by atoms with E-state index >= 15 is 0 Å². The molecule has 1 aliphatic carbocycles. The van der Waals surface area contributed by atoms with Gasteiger partial charge in [-0.3, -0.25) is 9.69 Å². The smallest absolute Gasteiger partial charge is 0.176 e. The van der Waals surface area contributed by atoms with E-state index in [1.54, 1.807) is 0 Å². The molecule has 2 nitrogen and oxygen atoms in total. The number of nitrogens with zero attached hydrogens (tertiary/aromatic N) is 1. The van der Waals surface area contributed by atoms with Gasteiger partial charge in [-0.1, -0.05) is 19.1 Å². The summed E-state index contributed by atoms with van der Waals surface area (Å²) in [4.78, 5) is 14.9. The molecule has 3 rings (SSSR count). The third-order valence-electron chi connectivity index (χ3n) is 5.27. The number of carbonyl (C=O) groups excluding carboxylic acids is 1. The van der Waals surface area contributed by atoms with E-state index in [-0.39, 0.29) is 0 Å². The molecule has 2 unspecified atom stereocenters. The number of rotatable bonds is 3. The molecule has 2 heteroatoms. The Bertz CT molecular complexity index is 508. The molecule has 0 amide bonds. The van der Waals surface area contributed by atoms with Crippen LogP contribution in [-0.2, 0) is 12.8 Å². The van der Waals surface area contributed by atoms with Gasteiger partial charge in [0, 0.05) is 11.6 Å². The van der Waals surface area contributed by atoms with Crippen molar-refractivity contribution >= 4 is 5.78 Å². The number of hydrogen-bond acceptors (Lipinski definition) is 2. The van der Waals surface area contributed by atoms with Gasteiger partial charge in [0.25, 0.3) is 0 Å². The molecule has 0 spiro atoms. The van der Waals surface area contributed by atoms with E-state index in [1.807, 2.05) is 6.07 Å². The average molecular weight is 271 g/mol. The van der Waals surface area contributed by atoms with Crippen LogP contribution in [0.5, 0.6) is 0 Å². The summed E-state index contributed by atoms with van der Waals surface area (Å²) in [7, 11) is 0.